The number of hydrogen-bond acceptors (Lipinski definition) is 2. The summed E-state index contributed by atoms with van der Waals surface area (Å²) >= 11 is 3.42. The summed E-state index contributed by atoms with van der Waals surface area (Å²) in [6, 6.07) is 12.1. The van der Waals surface area contributed by atoms with Gasteiger partial charge in [-0.25, -0.2) is 4.39 Å². The molecule has 0 radical (unpaired) electrons. The molecule has 0 bridgehead atoms. The van der Waals surface area contributed by atoms with Crippen molar-refractivity contribution in [2.75, 3.05) is 0 Å². The van der Waals surface area contributed by atoms with Gasteiger partial charge in [0.2, 0.25) is 0 Å². The number of rotatable bonds is 3. The second kappa shape index (κ2) is 6.61. The van der Waals surface area contributed by atoms with E-state index in [0.717, 1.165) is 26.6 Å². The van der Waals surface area contributed by atoms with Crippen molar-refractivity contribution in [2.24, 2.45) is 7.05 Å². The third kappa shape index (κ3) is 3.41. The van der Waals surface area contributed by atoms with Gasteiger partial charge < -0.3 is 9.30 Å². The summed E-state index contributed by atoms with van der Waals surface area (Å²) in [7, 11) is 1.92. The van der Waals surface area contributed by atoms with Gasteiger partial charge >= 0.3 is 5.97 Å². The Labute approximate surface area is 147 Å². The molecule has 2 aromatic carbocycles. The summed E-state index contributed by atoms with van der Waals surface area (Å²) in [6.07, 6.45) is 3.78. The van der Waals surface area contributed by atoms with Gasteiger partial charge in [-0.2, -0.15) is 0 Å². The van der Waals surface area contributed by atoms with Gasteiger partial charge in [0.05, 0.1) is 0 Å². The molecule has 5 heteroatoms. The summed E-state index contributed by atoms with van der Waals surface area (Å²) in [5, 5.41) is 0.839. The number of carbonyl (C=O) groups is 1. The minimum atomic E-state index is -0.368. The fraction of sp³-hybridized carbons (Fsp3) is 0.105. The third-order valence-electron chi connectivity index (χ3n) is 3.70. The topological polar surface area (TPSA) is 31.2 Å². The highest BCUT2D eigenvalue weighted by Gasteiger charge is 2.07. The number of benzene rings is 2. The van der Waals surface area contributed by atoms with Gasteiger partial charge in [-0.15, -0.1) is 0 Å². The van der Waals surface area contributed by atoms with Crippen molar-refractivity contribution in [3.8, 4) is 5.75 Å². The van der Waals surface area contributed by atoms with E-state index in [4.69, 9.17) is 4.74 Å². The summed E-state index contributed by atoms with van der Waals surface area (Å²) < 4.78 is 21.5. The number of aromatic nitrogens is 1. The summed E-state index contributed by atoms with van der Waals surface area (Å²) in [5.74, 6) is -0.133. The molecule has 0 unspecified atom stereocenters. The first kappa shape index (κ1) is 16.5. The maximum atomic E-state index is 13.4. The fourth-order valence-corrected chi connectivity index (χ4v) is 2.95. The van der Waals surface area contributed by atoms with Gasteiger partial charge in [0, 0.05) is 40.6 Å². The lowest BCUT2D eigenvalue weighted by atomic mass is 10.1. The largest absolute Gasteiger partial charge is 0.426 e. The van der Waals surface area contributed by atoms with E-state index >= 15 is 0 Å². The lowest BCUT2D eigenvalue weighted by Gasteiger charge is -2.06. The Morgan fingerprint density at radius 3 is 2.71 bits per heavy atom. The molecule has 0 aliphatic carbocycles. The van der Waals surface area contributed by atoms with Gasteiger partial charge in [0.1, 0.15) is 11.6 Å². The van der Waals surface area contributed by atoms with Crippen molar-refractivity contribution >= 4 is 45.0 Å². The van der Waals surface area contributed by atoms with Crippen LogP contribution in [0.15, 0.2) is 46.9 Å². The number of esters is 1. The van der Waals surface area contributed by atoms with Crippen LogP contribution in [-0.2, 0) is 11.8 Å². The highest BCUT2D eigenvalue weighted by molar-refractivity contribution is 9.10. The van der Waals surface area contributed by atoms with Crippen LogP contribution in [0.1, 0.15) is 18.2 Å². The molecule has 122 valence electrons. The van der Waals surface area contributed by atoms with E-state index in [2.05, 4.69) is 15.9 Å². The maximum absolute atomic E-state index is 13.4. The quantitative estimate of drug-likeness (QED) is 0.458. The normalized spacial score (nSPS) is 11.3. The Kier molecular flexibility index (Phi) is 4.53. The molecule has 0 aliphatic rings. The number of aryl methyl sites for hydroxylation is 1. The van der Waals surface area contributed by atoms with Crippen molar-refractivity contribution in [3.05, 3.63) is 64.0 Å². The lowest BCUT2D eigenvalue weighted by Crippen LogP contribution is -2.02. The van der Waals surface area contributed by atoms with Crippen molar-refractivity contribution in [2.45, 2.75) is 6.92 Å². The van der Waals surface area contributed by atoms with Gasteiger partial charge in [-0.05, 0) is 54.6 Å². The maximum Gasteiger partial charge on any atom is 0.308 e. The lowest BCUT2D eigenvalue weighted by molar-refractivity contribution is -0.131. The molecule has 1 heterocycles. The van der Waals surface area contributed by atoms with E-state index in [-0.39, 0.29) is 11.8 Å². The van der Waals surface area contributed by atoms with Crippen LogP contribution in [0.2, 0.25) is 0 Å². The van der Waals surface area contributed by atoms with Crippen molar-refractivity contribution < 1.29 is 13.9 Å². The standard InChI is InChI=1S/C19H15BrFNO2/c1-12(23)24-19-8-4-15(20)9-13(19)3-6-17-11-14-10-16(21)5-7-18(14)22(17)2/h3-11H,1-2H3/b6-3+. The number of hydrogen-bond donors (Lipinski definition) is 0. The van der Waals surface area contributed by atoms with Gasteiger partial charge in [0.25, 0.3) is 0 Å². The zero-order valence-electron chi connectivity index (χ0n) is 13.2. The Morgan fingerprint density at radius 1 is 1.17 bits per heavy atom. The zero-order chi connectivity index (χ0) is 17.3. The molecule has 3 rings (SSSR count). The molecule has 3 aromatic rings. The molecular formula is C19H15BrFNO2. The molecule has 0 saturated carbocycles. The second-order valence-corrected chi connectivity index (χ2v) is 6.36. The van der Waals surface area contributed by atoms with Gasteiger partial charge in [-0.1, -0.05) is 15.9 Å². The minimum Gasteiger partial charge on any atom is -0.426 e. The molecular weight excluding hydrogens is 373 g/mol. The Hall–Kier alpha value is -2.40. The van der Waals surface area contributed by atoms with Crippen LogP contribution in [0.5, 0.6) is 5.75 Å². The van der Waals surface area contributed by atoms with Crippen LogP contribution < -0.4 is 4.74 Å². The van der Waals surface area contributed by atoms with E-state index in [9.17, 15) is 9.18 Å². The van der Waals surface area contributed by atoms with Crippen LogP contribution in [0.3, 0.4) is 0 Å². The van der Waals surface area contributed by atoms with Crippen molar-refractivity contribution in [3.63, 3.8) is 0 Å². The minimum absolute atomic E-state index is 0.257. The number of ether oxygens (including phenoxy) is 1. The fourth-order valence-electron chi connectivity index (χ4n) is 2.57. The number of halogens is 2. The monoisotopic (exact) mass is 387 g/mol. The number of fused-ring (bicyclic) bond motifs is 1. The van der Waals surface area contributed by atoms with Crippen LogP contribution >= 0.6 is 15.9 Å². The number of carbonyl (C=O) groups excluding carboxylic acids is 1. The number of nitrogens with zero attached hydrogens (tertiary/aromatic N) is 1. The van der Waals surface area contributed by atoms with Crippen LogP contribution in [0.4, 0.5) is 4.39 Å². The molecule has 0 saturated heterocycles. The molecule has 0 atom stereocenters. The third-order valence-corrected chi connectivity index (χ3v) is 4.19. The zero-order valence-corrected chi connectivity index (χ0v) is 14.8. The molecule has 0 N–H and O–H groups in total. The Bertz CT molecular complexity index is 959. The van der Waals surface area contributed by atoms with E-state index < -0.39 is 0 Å². The Balaban J connectivity index is 2.00. The summed E-state index contributed by atoms with van der Waals surface area (Å²) in [4.78, 5) is 11.2. The molecule has 24 heavy (non-hydrogen) atoms. The van der Waals surface area contributed by atoms with E-state index in [1.807, 2.05) is 42.0 Å². The Morgan fingerprint density at radius 2 is 1.96 bits per heavy atom. The highest BCUT2D eigenvalue weighted by atomic mass is 79.9. The first-order valence-electron chi connectivity index (χ1n) is 7.35. The molecule has 3 nitrogen and oxygen atoms in total. The SMILES string of the molecule is CC(=O)Oc1ccc(Br)cc1/C=C/c1cc2cc(F)ccc2n1C. The van der Waals surface area contributed by atoms with Gasteiger partial charge in [0.15, 0.2) is 0 Å². The molecule has 0 spiro atoms. The van der Waals surface area contributed by atoms with E-state index in [1.54, 1.807) is 12.1 Å². The molecule has 0 amide bonds. The molecule has 0 fully saturated rings. The predicted molar refractivity (Wildman–Crippen MR) is 97.3 cm³/mol. The predicted octanol–water partition coefficient (Wildman–Crippen LogP) is 5.18. The average molecular weight is 388 g/mol. The van der Waals surface area contributed by atoms with Crippen molar-refractivity contribution in [1.82, 2.24) is 4.57 Å². The smallest absolute Gasteiger partial charge is 0.308 e. The van der Waals surface area contributed by atoms with Crippen molar-refractivity contribution in [1.29, 1.82) is 0 Å². The highest BCUT2D eigenvalue weighted by Crippen LogP contribution is 2.27. The van der Waals surface area contributed by atoms with Crippen LogP contribution in [0, 0.1) is 5.82 Å². The van der Waals surface area contributed by atoms with E-state index in [0.29, 0.717) is 5.75 Å². The van der Waals surface area contributed by atoms with E-state index in [1.165, 1.54) is 19.1 Å². The second-order valence-electron chi connectivity index (χ2n) is 5.44. The molecule has 0 aliphatic heterocycles. The first-order valence-corrected chi connectivity index (χ1v) is 8.14. The van der Waals surface area contributed by atoms with Crippen LogP contribution in [-0.4, -0.2) is 10.5 Å². The van der Waals surface area contributed by atoms with Gasteiger partial charge in [-0.3, -0.25) is 4.79 Å². The van der Waals surface area contributed by atoms with Crippen LogP contribution in [0.25, 0.3) is 23.1 Å². The molecule has 1 aromatic heterocycles. The first-order chi connectivity index (χ1) is 11.4. The summed E-state index contributed by atoms with van der Waals surface area (Å²) in [6.45, 7) is 1.37. The average Bonchev–Trinajstić information content (AvgIpc) is 2.82. The summed E-state index contributed by atoms with van der Waals surface area (Å²) in [5.41, 5.74) is 2.64.